The number of nitrogens with two attached hydrogens (primary N) is 1. The van der Waals surface area contributed by atoms with E-state index in [1.807, 2.05) is 19.1 Å². The molecular formula is C12H16N4O2S. The summed E-state index contributed by atoms with van der Waals surface area (Å²) in [4.78, 5) is 0.0237. The van der Waals surface area contributed by atoms with Gasteiger partial charge in [-0.15, -0.1) is 0 Å². The first kappa shape index (κ1) is 13.4. The summed E-state index contributed by atoms with van der Waals surface area (Å²) in [6.07, 6.45) is 0. The summed E-state index contributed by atoms with van der Waals surface area (Å²) in [5, 5.41) is 3.91. The van der Waals surface area contributed by atoms with Crippen molar-refractivity contribution in [2.24, 2.45) is 7.05 Å². The SMILES string of the molecule is Cc1ccc(NS(=O)(=O)c2c(N)nn(C)c2C)cc1. The minimum Gasteiger partial charge on any atom is -0.381 e. The van der Waals surface area contributed by atoms with E-state index < -0.39 is 10.0 Å². The van der Waals surface area contributed by atoms with E-state index in [9.17, 15) is 8.42 Å². The average Bonchev–Trinajstić information content (AvgIpc) is 2.56. The van der Waals surface area contributed by atoms with Crippen LogP contribution in [-0.2, 0) is 17.1 Å². The molecule has 19 heavy (non-hydrogen) atoms. The monoisotopic (exact) mass is 280 g/mol. The molecule has 1 heterocycles. The molecule has 0 atom stereocenters. The van der Waals surface area contributed by atoms with Crippen LogP contribution in [0.2, 0.25) is 0 Å². The lowest BCUT2D eigenvalue weighted by atomic mass is 10.2. The van der Waals surface area contributed by atoms with Gasteiger partial charge in [-0.3, -0.25) is 9.40 Å². The maximum Gasteiger partial charge on any atom is 0.267 e. The zero-order valence-electron chi connectivity index (χ0n) is 11.0. The van der Waals surface area contributed by atoms with E-state index >= 15 is 0 Å². The van der Waals surface area contributed by atoms with E-state index in [1.165, 1.54) is 4.68 Å². The van der Waals surface area contributed by atoms with Crippen molar-refractivity contribution in [1.82, 2.24) is 9.78 Å². The Hall–Kier alpha value is -2.02. The zero-order valence-corrected chi connectivity index (χ0v) is 11.8. The molecule has 0 unspecified atom stereocenters. The Bertz CT molecular complexity index is 702. The van der Waals surface area contributed by atoms with Gasteiger partial charge in [0.15, 0.2) is 10.7 Å². The van der Waals surface area contributed by atoms with E-state index in [-0.39, 0.29) is 10.7 Å². The van der Waals surface area contributed by atoms with Gasteiger partial charge in [0.05, 0.1) is 5.69 Å². The summed E-state index contributed by atoms with van der Waals surface area (Å²) in [6.45, 7) is 3.59. The highest BCUT2D eigenvalue weighted by molar-refractivity contribution is 7.93. The van der Waals surface area contributed by atoms with Crippen molar-refractivity contribution in [3.05, 3.63) is 35.5 Å². The van der Waals surface area contributed by atoms with Crippen molar-refractivity contribution in [1.29, 1.82) is 0 Å². The molecule has 0 aliphatic heterocycles. The summed E-state index contributed by atoms with van der Waals surface area (Å²) in [6, 6.07) is 7.07. The second-order valence-corrected chi connectivity index (χ2v) is 6.01. The lowest BCUT2D eigenvalue weighted by molar-refractivity contribution is 0.600. The van der Waals surface area contributed by atoms with Crippen LogP contribution in [0, 0.1) is 13.8 Å². The number of nitrogen functional groups attached to an aromatic ring is 1. The molecule has 0 amide bonds. The normalized spacial score (nSPS) is 11.5. The van der Waals surface area contributed by atoms with Gasteiger partial charge >= 0.3 is 0 Å². The van der Waals surface area contributed by atoms with E-state index in [1.54, 1.807) is 26.1 Å². The van der Waals surface area contributed by atoms with Gasteiger partial charge in [0, 0.05) is 12.7 Å². The molecule has 6 nitrogen and oxygen atoms in total. The smallest absolute Gasteiger partial charge is 0.267 e. The molecule has 0 aliphatic rings. The third-order valence-electron chi connectivity index (χ3n) is 2.88. The van der Waals surface area contributed by atoms with Crippen LogP contribution in [0.25, 0.3) is 0 Å². The molecule has 0 aliphatic carbocycles. The average molecular weight is 280 g/mol. The van der Waals surface area contributed by atoms with Crippen LogP contribution in [0.1, 0.15) is 11.3 Å². The lowest BCUT2D eigenvalue weighted by Crippen LogP contribution is -2.15. The predicted octanol–water partition coefficient (Wildman–Crippen LogP) is 1.42. The van der Waals surface area contributed by atoms with E-state index in [2.05, 4.69) is 9.82 Å². The molecular weight excluding hydrogens is 264 g/mol. The van der Waals surface area contributed by atoms with Crippen LogP contribution in [0.3, 0.4) is 0 Å². The molecule has 1 aromatic heterocycles. The van der Waals surface area contributed by atoms with Crippen LogP contribution in [0.15, 0.2) is 29.2 Å². The first-order chi connectivity index (χ1) is 8.81. The minimum absolute atomic E-state index is 0.000360. The fraction of sp³-hybridized carbons (Fsp3) is 0.250. The number of sulfonamides is 1. The highest BCUT2D eigenvalue weighted by Gasteiger charge is 2.24. The summed E-state index contributed by atoms with van der Waals surface area (Å²) in [5.74, 6) is -0.000360. The fourth-order valence-electron chi connectivity index (χ4n) is 1.77. The predicted molar refractivity (Wildman–Crippen MR) is 74.3 cm³/mol. The summed E-state index contributed by atoms with van der Waals surface area (Å²) >= 11 is 0. The Balaban J connectivity index is 2.40. The number of anilines is 2. The number of aryl methyl sites for hydroxylation is 2. The van der Waals surface area contributed by atoms with Gasteiger partial charge in [-0.25, -0.2) is 8.42 Å². The quantitative estimate of drug-likeness (QED) is 0.889. The number of aromatic nitrogens is 2. The highest BCUT2D eigenvalue weighted by atomic mass is 32.2. The fourth-order valence-corrected chi connectivity index (χ4v) is 3.16. The molecule has 2 rings (SSSR count). The molecule has 3 N–H and O–H groups in total. The van der Waals surface area contributed by atoms with Gasteiger partial charge in [0.2, 0.25) is 0 Å². The van der Waals surface area contributed by atoms with Gasteiger partial charge in [-0.2, -0.15) is 5.10 Å². The highest BCUT2D eigenvalue weighted by Crippen LogP contribution is 2.24. The largest absolute Gasteiger partial charge is 0.381 e. The second kappa shape index (κ2) is 4.58. The maximum absolute atomic E-state index is 12.3. The third kappa shape index (κ3) is 2.55. The Kier molecular flexibility index (Phi) is 3.23. The number of hydrogen-bond donors (Lipinski definition) is 2. The topological polar surface area (TPSA) is 90.0 Å². The van der Waals surface area contributed by atoms with Crippen molar-refractivity contribution in [2.75, 3.05) is 10.5 Å². The lowest BCUT2D eigenvalue weighted by Gasteiger charge is -2.08. The van der Waals surface area contributed by atoms with Gasteiger partial charge in [0.1, 0.15) is 0 Å². The number of nitrogens with zero attached hydrogens (tertiary/aromatic N) is 2. The van der Waals surface area contributed by atoms with Gasteiger partial charge < -0.3 is 5.73 Å². The molecule has 0 fully saturated rings. The van der Waals surface area contributed by atoms with Crippen LogP contribution in [0.4, 0.5) is 11.5 Å². The Labute approximate surface area is 112 Å². The first-order valence-electron chi connectivity index (χ1n) is 5.70. The van der Waals surface area contributed by atoms with Crippen molar-refractivity contribution in [3.8, 4) is 0 Å². The van der Waals surface area contributed by atoms with Crippen LogP contribution >= 0.6 is 0 Å². The Morgan fingerprint density at radius 3 is 2.26 bits per heavy atom. The second-order valence-electron chi connectivity index (χ2n) is 4.39. The van der Waals surface area contributed by atoms with Crippen molar-refractivity contribution < 1.29 is 8.42 Å². The van der Waals surface area contributed by atoms with Crippen molar-refractivity contribution >= 4 is 21.5 Å². The van der Waals surface area contributed by atoms with Crippen molar-refractivity contribution in [3.63, 3.8) is 0 Å². The number of rotatable bonds is 3. The van der Waals surface area contributed by atoms with Gasteiger partial charge in [-0.05, 0) is 26.0 Å². The van der Waals surface area contributed by atoms with Gasteiger partial charge in [-0.1, -0.05) is 17.7 Å². The third-order valence-corrected chi connectivity index (χ3v) is 4.42. The van der Waals surface area contributed by atoms with Gasteiger partial charge in [0.25, 0.3) is 10.0 Å². The zero-order chi connectivity index (χ0) is 14.2. The number of benzene rings is 1. The standard InChI is InChI=1S/C12H16N4O2S/c1-8-4-6-10(7-5-8)15-19(17,18)11-9(2)16(3)14-12(11)13/h4-7,15H,1-3H3,(H2,13,14). The minimum atomic E-state index is -3.73. The van der Waals surface area contributed by atoms with E-state index in [4.69, 9.17) is 5.73 Å². The first-order valence-corrected chi connectivity index (χ1v) is 7.18. The summed E-state index contributed by atoms with van der Waals surface area (Å²) in [5.41, 5.74) is 7.70. The molecule has 0 spiro atoms. The number of nitrogens with one attached hydrogen (secondary N) is 1. The number of hydrogen-bond acceptors (Lipinski definition) is 4. The Morgan fingerprint density at radius 2 is 1.79 bits per heavy atom. The van der Waals surface area contributed by atoms with Crippen LogP contribution < -0.4 is 10.5 Å². The Morgan fingerprint density at radius 1 is 1.21 bits per heavy atom. The molecule has 0 radical (unpaired) electrons. The molecule has 102 valence electrons. The molecule has 0 bridgehead atoms. The summed E-state index contributed by atoms with van der Waals surface area (Å²) in [7, 11) is -2.08. The van der Waals surface area contributed by atoms with Crippen LogP contribution in [0.5, 0.6) is 0 Å². The van der Waals surface area contributed by atoms with Crippen molar-refractivity contribution in [2.45, 2.75) is 18.7 Å². The van der Waals surface area contributed by atoms with Crippen LogP contribution in [-0.4, -0.2) is 18.2 Å². The van der Waals surface area contributed by atoms with E-state index in [0.29, 0.717) is 11.4 Å². The molecule has 1 aromatic carbocycles. The molecule has 0 saturated heterocycles. The maximum atomic E-state index is 12.3. The molecule has 7 heteroatoms. The molecule has 0 saturated carbocycles. The van der Waals surface area contributed by atoms with E-state index in [0.717, 1.165) is 5.56 Å². The molecule has 2 aromatic rings. The summed E-state index contributed by atoms with van der Waals surface area (Å²) < 4.78 is 28.5.